The summed E-state index contributed by atoms with van der Waals surface area (Å²) in [5, 5.41) is 5.51. The summed E-state index contributed by atoms with van der Waals surface area (Å²) in [6.07, 6.45) is 17.5. The highest BCUT2D eigenvalue weighted by atomic mass is 14.6. The lowest BCUT2D eigenvalue weighted by molar-refractivity contribution is -0.0615. The molecule has 0 heteroatoms. The van der Waals surface area contributed by atoms with E-state index in [0.29, 0.717) is 16.2 Å². The first-order chi connectivity index (χ1) is 22.9. The fraction of sp³-hybridized carbons (Fsp3) is 0.447. The van der Waals surface area contributed by atoms with E-state index in [2.05, 4.69) is 104 Å². The van der Waals surface area contributed by atoms with Gasteiger partial charge in [-0.2, -0.15) is 0 Å². The molecule has 8 bridgehead atoms. The summed E-state index contributed by atoms with van der Waals surface area (Å²) < 4.78 is 0. The van der Waals surface area contributed by atoms with Gasteiger partial charge in [-0.25, -0.2) is 0 Å². The number of benzene rings is 5. The molecule has 236 valence electrons. The highest BCUT2D eigenvalue weighted by Crippen LogP contribution is 2.66. The van der Waals surface area contributed by atoms with Crippen molar-refractivity contribution in [1.29, 1.82) is 0 Å². The Morgan fingerprint density at radius 1 is 0.404 bits per heavy atom. The molecule has 47 heavy (non-hydrogen) atoms. The fourth-order valence-corrected chi connectivity index (χ4v) is 14.3. The molecule has 0 amide bonds. The molecule has 2 unspecified atom stereocenters. The summed E-state index contributed by atoms with van der Waals surface area (Å²) in [5.41, 5.74) is 10.2. The summed E-state index contributed by atoms with van der Waals surface area (Å²) in [5.74, 6) is 4.83. The minimum Gasteiger partial charge on any atom is -0.0616 e. The van der Waals surface area contributed by atoms with E-state index < -0.39 is 0 Å². The lowest BCUT2D eigenvalue weighted by atomic mass is 9.43. The average molecular weight is 613 g/mol. The zero-order valence-electron chi connectivity index (χ0n) is 28.1. The Labute approximate surface area is 281 Å². The van der Waals surface area contributed by atoms with E-state index in [9.17, 15) is 0 Å². The topological polar surface area (TPSA) is 0 Å². The molecule has 0 nitrogen and oxygen atoms in total. The van der Waals surface area contributed by atoms with Crippen LogP contribution in [-0.4, -0.2) is 0 Å². The number of hydrogen-bond donors (Lipinski definition) is 0. The lowest BCUT2D eigenvalue weighted by Crippen LogP contribution is -2.52. The Morgan fingerprint density at radius 3 is 1.17 bits per heavy atom. The van der Waals surface area contributed by atoms with Gasteiger partial charge in [0.25, 0.3) is 0 Å². The zero-order valence-corrected chi connectivity index (χ0v) is 28.1. The minimum absolute atomic E-state index is 0.410. The van der Waals surface area contributed by atoms with Gasteiger partial charge in [-0.1, -0.05) is 104 Å². The Bertz CT molecular complexity index is 1930. The van der Waals surface area contributed by atoms with Gasteiger partial charge >= 0.3 is 0 Å². The van der Waals surface area contributed by atoms with Crippen molar-refractivity contribution in [3.05, 3.63) is 108 Å². The number of rotatable bonds is 4. The standard InChI is InChI=1S/C47H48/c1-45-22-33-21-34(23-45)28-47(27-33,29-45)38-16-12-36(13-17-38)44-41-8-4-2-6-39(41)43(40-7-3-5-9-42(40)44)35-10-14-37(15-11-35)46-24-30-18-31(25-46)20-32(19-30)26-46/h2-17,30-34H,18-29H2,1H3. The van der Waals surface area contributed by atoms with Gasteiger partial charge in [0.15, 0.2) is 0 Å². The van der Waals surface area contributed by atoms with Crippen LogP contribution in [0, 0.1) is 35.0 Å². The second-order valence-corrected chi connectivity index (χ2v) is 18.2. The Kier molecular flexibility index (Phi) is 5.64. The molecule has 5 aromatic rings. The van der Waals surface area contributed by atoms with Gasteiger partial charge in [0.05, 0.1) is 0 Å². The van der Waals surface area contributed by atoms with E-state index >= 15 is 0 Å². The highest BCUT2D eigenvalue weighted by Gasteiger charge is 2.56. The first-order valence-electron chi connectivity index (χ1n) is 19.1. The Hall–Kier alpha value is -3.38. The molecule has 13 rings (SSSR count). The second kappa shape index (κ2) is 9.62. The van der Waals surface area contributed by atoms with Gasteiger partial charge in [-0.05, 0) is 178 Å². The summed E-state index contributed by atoms with van der Waals surface area (Å²) >= 11 is 0. The van der Waals surface area contributed by atoms with Crippen molar-refractivity contribution in [2.45, 2.75) is 94.8 Å². The highest BCUT2D eigenvalue weighted by molar-refractivity contribution is 6.21. The summed E-state index contributed by atoms with van der Waals surface area (Å²) in [6.45, 7) is 2.60. The average Bonchev–Trinajstić information content (AvgIpc) is 3.06. The van der Waals surface area contributed by atoms with Gasteiger partial charge in [0.1, 0.15) is 0 Å². The minimum atomic E-state index is 0.410. The van der Waals surface area contributed by atoms with Crippen molar-refractivity contribution in [3.63, 3.8) is 0 Å². The van der Waals surface area contributed by atoms with Gasteiger partial charge in [0.2, 0.25) is 0 Å². The van der Waals surface area contributed by atoms with Crippen LogP contribution in [-0.2, 0) is 10.8 Å². The number of hydrogen-bond acceptors (Lipinski definition) is 0. The molecule has 0 heterocycles. The molecule has 8 aliphatic carbocycles. The Balaban J connectivity index is 1.01. The van der Waals surface area contributed by atoms with Crippen LogP contribution in [0.4, 0.5) is 0 Å². The molecule has 5 aromatic carbocycles. The van der Waals surface area contributed by atoms with Crippen LogP contribution >= 0.6 is 0 Å². The van der Waals surface area contributed by atoms with E-state index in [0.717, 1.165) is 29.6 Å². The van der Waals surface area contributed by atoms with Crippen LogP contribution in [0.3, 0.4) is 0 Å². The SMILES string of the molecule is CC12CC3CC(C1)CC(c1ccc(-c4c5ccccc5c(-c5ccc(C67CC8CC(CC(C8)C6)C7)cc5)c5ccccc45)cc1)(C3)C2. The van der Waals surface area contributed by atoms with E-state index in [1.807, 2.05) is 0 Å². The molecule has 0 aromatic heterocycles. The van der Waals surface area contributed by atoms with Crippen molar-refractivity contribution in [3.8, 4) is 22.3 Å². The molecule has 8 aliphatic rings. The number of fused-ring (bicyclic) bond motifs is 2. The van der Waals surface area contributed by atoms with Crippen molar-refractivity contribution in [2.75, 3.05) is 0 Å². The predicted octanol–water partition coefficient (Wildman–Crippen LogP) is 12.7. The molecule has 2 atom stereocenters. The van der Waals surface area contributed by atoms with E-state index in [4.69, 9.17) is 0 Å². The fourth-order valence-electron chi connectivity index (χ4n) is 14.3. The van der Waals surface area contributed by atoms with Crippen LogP contribution in [0.15, 0.2) is 97.1 Å². The lowest BCUT2D eigenvalue weighted by Gasteiger charge is -2.61. The van der Waals surface area contributed by atoms with Crippen LogP contribution in [0.1, 0.15) is 95.1 Å². The van der Waals surface area contributed by atoms with Gasteiger partial charge in [0, 0.05) is 0 Å². The monoisotopic (exact) mass is 612 g/mol. The second-order valence-electron chi connectivity index (χ2n) is 18.2. The predicted molar refractivity (Wildman–Crippen MR) is 197 cm³/mol. The van der Waals surface area contributed by atoms with Gasteiger partial charge < -0.3 is 0 Å². The largest absolute Gasteiger partial charge is 0.0616 e. The normalized spacial score (nSPS) is 36.5. The van der Waals surface area contributed by atoms with Crippen LogP contribution in [0.25, 0.3) is 43.8 Å². The summed E-state index contributed by atoms with van der Waals surface area (Å²) in [6, 6.07) is 38.5. The van der Waals surface area contributed by atoms with Gasteiger partial charge in [-0.3, -0.25) is 0 Å². The van der Waals surface area contributed by atoms with Crippen molar-refractivity contribution in [1.82, 2.24) is 0 Å². The van der Waals surface area contributed by atoms with Gasteiger partial charge in [-0.15, -0.1) is 0 Å². The molecule has 0 aliphatic heterocycles. The maximum absolute atomic E-state index is 2.60. The van der Waals surface area contributed by atoms with Crippen LogP contribution in [0.2, 0.25) is 0 Å². The third-order valence-electron chi connectivity index (χ3n) is 14.9. The molecule has 0 N–H and O–H groups in total. The van der Waals surface area contributed by atoms with E-state index in [-0.39, 0.29) is 0 Å². The summed E-state index contributed by atoms with van der Waals surface area (Å²) in [4.78, 5) is 0. The van der Waals surface area contributed by atoms with Crippen molar-refractivity contribution < 1.29 is 0 Å². The Morgan fingerprint density at radius 2 is 0.766 bits per heavy atom. The maximum Gasteiger partial charge on any atom is -0.00264 e. The summed E-state index contributed by atoms with van der Waals surface area (Å²) in [7, 11) is 0. The third-order valence-corrected chi connectivity index (χ3v) is 14.9. The van der Waals surface area contributed by atoms with Crippen molar-refractivity contribution >= 4 is 21.5 Å². The third kappa shape index (κ3) is 4.06. The quantitative estimate of drug-likeness (QED) is 0.177. The smallest absolute Gasteiger partial charge is 0.00264 e. The molecule has 0 saturated heterocycles. The molecule has 0 spiro atoms. The molecular weight excluding hydrogens is 565 g/mol. The van der Waals surface area contributed by atoms with Crippen LogP contribution in [0.5, 0.6) is 0 Å². The molecule has 0 radical (unpaired) electrons. The van der Waals surface area contributed by atoms with E-state index in [1.54, 1.807) is 11.1 Å². The molecule has 8 saturated carbocycles. The molecular formula is C47H48. The maximum atomic E-state index is 2.60. The molecule has 8 fully saturated rings. The van der Waals surface area contributed by atoms with Crippen LogP contribution < -0.4 is 0 Å². The first-order valence-corrected chi connectivity index (χ1v) is 19.1. The van der Waals surface area contributed by atoms with E-state index in [1.165, 1.54) is 121 Å². The zero-order chi connectivity index (χ0) is 31.0. The first kappa shape index (κ1) is 27.6. The van der Waals surface area contributed by atoms with Crippen molar-refractivity contribution in [2.24, 2.45) is 35.0 Å².